The highest BCUT2D eigenvalue weighted by Crippen LogP contribution is 2.29. The first-order valence-electron chi connectivity index (χ1n) is 7.67. The zero-order valence-electron chi connectivity index (χ0n) is 11.3. The number of carbonyl (C=O) groups is 1. The van der Waals surface area contributed by atoms with Gasteiger partial charge in [0, 0.05) is 17.8 Å². The highest BCUT2D eigenvalue weighted by Gasteiger charge is 2.25. The van der Waals surface area contributed by atoms with Crippen LogP contribution in [0.3, 0.4) is 0 Å². The summed E-state index contributed by atoms with van der Waals surface area (Å²) < 4.78 is 0. The molecule has 18 heavy (non-hydrogen) atoms. The average molecular weight is 272 g/mol. The van der Waals surface area contributed by atoms with E-state index in [0.717, 1.165) is 32.2 Å². The van der Waals surface area contributed by atoms with Crippen molar-refractivity contribution in [2.24, 2.45) is 11.8 Å². The van der Waals surface area contributed by atoms with Crippen molar-refractivity contribution in [1.82, 2.24) is 5.32 Å². The van der Waals surface area contributed by atoms with Gasteiger partial charge < -0.3 is 5.32 Å². The number of hydrogen-bond acceptors (Lipinski definition) is 1. The molecule has 2 aliphatic rings. The Hall–Kier alpha value is -0.240. The van der Waals surface area contributed by atoms with Crippen molar-refractivity contribution in [3.8, 4) is 0 Å². The van der Waals surface area contributed by atoms with Crippen molar-refractivity contribution in [3.05, 3.63) is 0 Å². The van der Waals surface area contributed by atoms with Crippen molar-refractivity contribution >= 4 is 17.5 Å². The van der Waals surface area contributed by atoms with E-state index in [0.29, 0.717) is 17.2 Å². The van der Waals surface area contributed by atoms with E-state index in [4.69, 9.17) is 11.6 Å². The van der Waals surface area contributed by atoms with Gasteiger partial charge in [-0.05, 0) is 38.0 Å². The smallest absolute Gasteiger partial charge is 0.223 e. The van der Waals surface area contributed by atoms with E-state index in [1.54, 1.807) is 0 Å². The van der Waals surface area contributed by atoms with Crippen LogP contribution in [0.4, 0.5) is 0 Å². The molecular weight excluding hydrogens is 246 g/mol. The molecule has 0 aliphatic heterocycles. The van der Waals surface area contributed by atoms with E-state index in [9.17, 15) is 4.79 Å². The number of hydrogen-bond donors (Lipinski definition) is 1. The fourth-order valence-electron chi connectivity index (χ4n) is 3.31. The maximum absolute atomic E-state index is 12.2. The molecule has 2 rings (SSSR count). The Morgan fingerprint density at radius 3 is 2.28 bits per heavy atom. The molecule has 2 unspecified atom stereocenters. The van der Waals surface area contributed by atoms with E-state index in [1.807, 2.05) is 0 Å². The third-order valence-corrected chi connectivity index (χ3v) is 4.91. The van der Waals surface area contributed by atoms with E-state index < -0.39 is 0 Å². The maximum Gasteiger partial charge on any atom is 0.223 e. The molecule has 2 saturated carbocycles. The first-order valence-corrected chi connectivity index (χ1v) is 8.11. The topological polar surface area (TPSA) is 29.1 Å². The van der Waals surface area contributed by atoms with E-state index in [2.05, 4.69) is 5.32 Å². The zero-order chi connectivity index (χ0) is 12.8. The van der Waals surface area contributed by atoms with Gasteiger partial charge in [0.25, 0.3) is 0 Å². The van der Waals surface area contributed by atoms with Gasteiger partial charge in [-0.15, -0.1) is 11.6 Å². The second kappa shape index (κ2) is 7.37. The molecule has 104 valence electrons. The lowest BCUT2D eigenvalue weighted by Gasteiger charge is -2.20. The highest BCUT2D eigenvalue weighted by atomic mass is 35.5. The molecule has 0 aromatic heterocycles. The minimum Gasteiger partial charge on any atom is -0.356 e. The molecule has 0 bridgehead atoms. The Bertz CT molecular complexity index is 261. The summed E-state index contributed by atoms with van der Waals surface area (Å²) in [7, 11) is 0. The maximum atomic E-state index is 12.2. The molecule has 1 amide bonds. The van der Waals surface area contributed by atoms with Gasteiger partial charge >= 0.3 is 0 Å². The van der Waals surface area contributed by atoms with Gasteiger partial charge in [0.05, 0.1) is 0 Å². The van der Waals surface area contributed by atoms with Crippen LogP contribution in [0.2, 0.25) is 0 Å². The first-order chi connectivity index (χ1) is 8.75. The van der Waals surface area contributed by atoms with Gasteiger partial charge in [0.15, 0.2) is 0 Å². The molecule has 2 fully saturated rings. The molecule has 0 radical (unpaired) electrons. The second-order valence-electron chi connectivity index (χ2n) is 6.06. The average Bonchev–Trinajstić information content (AvgIpc) is 2.72. The van der Waals surface area contributed by atoms with Crippen LogP contribution in [-0.4, -0.2) is 17.8 Å². The Balaban J connectivity index is 1.69. The standard InChI is InChI=1S/C15H26ClNO/c16-14-9-8-12(10-14)11-17-15(18)13-6-4-2-1-3-5-7-13/h12-14H,1-11H2,(H,17,18). The summed E-state index contributed by atoms with van der Waals surface area (Å²) in [6.45, 7) is 0.846. The summed E-state index contributed by atoms with van der Waals surface area (Å²) in [4.78, 5) is 12.2. The van der Waals surface area contributed by atoms with Crippen LogP contribution in [0.5, 0.6) is 0 Å². The largest absolute Gasteiger partial charge is 0.356 e. The van der Waals surface area contributed by atoms with Crippen molar-refractivity contribution in [2.45, 2.75) is 69.6 Å². The summed E-state index contributed by atoms with van der Waals surface area (Å²) in [6, 6.07) is 0. The summed E-state index contributed by atoms with van der Waals surface area (Å²) >= 11 is 6.10. The number of alkyl halides is 1. The van der Waals surface area contributed by atoms with Crippen molar-refractivity contribution in [2.75, 3.05) is 6.54 Å². The quantitative estimate of drug-likeness (QED) is 0.776. The molecule has 2 atom stereocenters. The van der Waals surface area contributed by atoms with Gasteiger partial charge in [-0.3, -0.25) is 4.79 Å². The predicted molar refractivity (Wildman–Crippen MR) is 75.8 cm³/mol. The van der Waals surface area contributed by atoms with Gasteiger partial charge in [0.1, 0.15) is 0 Å². The zero-order valence-corrected chi connectivity index (χ0v) is 12.1. The summed E-state index contributed by atoms with van der Waals surface area (Å²) in [5, 5.41) is 3.51. The fraction of sp³-hybridized carbons (Fsp3) is 0.933. The summed E-state index contributed by atoms with van der Waals surface area (Å²) in [5.74, 6) is 1.19. The van der Waals surface area contributed by atoms with Gasteiger partial charge in [-0.1, -0.05) is 32.1 Å². The van der Waals surface area contributed by atoms with Crippen molar-refractivity contribution in [1.29, 1.82) is 0 Å². The molecule has 2 nitrogen and oxygen atoms in total. The minimum atomic E-state index is 0.276. The van der Waals surface area contributed by atoms with Crippen LogP contribution in [0, 0.1) is 11.8 Å². The van der Waals surface area contributed by atoms with Gasteiger partial charge in [-0.2, -0.15) is 0 Å². The Labute approximate surface area is 116 Å². The number of halogens is 1. The van der Waals surface area contributed by atoms with Crippen LogP contribution in [0.25, 0.3) is 0 Å². The molecule has 0 aromatic carbocycles. The number of nitrogens with one attached hydrogen (secondary N) is 1. The molecule has 2 aliphatic carbocycles. The van der Waals surface area contributed by atoms with E-state index in [1.165, 1.54) is 38.5 Å². The normalized spacial score (nSPS) is 30.7. The molecular formula is C15H26ClNO. The number of carbonyl (C=O) groups excluding carboxylic acids is 1. The SMILES string of the molecule is O=C(NCC1CCC(Cl)C1)C1CCCCCCC1. The molecule has 3 heteroatoms. The highest BCUT2D eigenvalue weighted by molar-refractivity contribution is 6.20. The summed E-state index contributed by atoms with van der Waals surface area (Å²) in [5.41, 5.74) is 0. The van der Waals surface area contributed by atoms with E-state index >= 15 is 0 Å². The van der Waals surface area contributed by atoms with Crippen molar-refractivity contribution in [3.63, 3.8) is 0 Å². The van der Waals surface area contributed by atoms with Crippen LogP contribution in [0.1, 0.15) is 64.2 Å². The van der Waals surface area contributed by atoms with Gasteiger partial charge in [-0.25, -0.2) is 0 Å². The lowest BCUT2D eigenvalue weighted by atomic mass is 9.90. The molecule has 0 aromatic rings. The Morgan fingerprint density at radius 1 is 1.00 bits per heavy atom. The lowest BCUT2D eigenvalue weighted by Crippen LogP contribution is -2.34. The first kappa shape index (κ1) is 14.2. The van der Waals surface area contributed by atoms with Crippen LogP contribution < -0.4 is 5.32 Å². The molecule has 0 spiro atoms. The Morgan fingerprint density at radius 2 is 1.67 bits per heavy atom. The molecule has 0 saturated heterocycles. The number of rotatable bonds is 3. The molecule has 0 heterocycles. The molecule has 1 N–H and O–H groups in total. The van der Waals surface area contributed by atoms with Crippen molar-refractivity contribution < 1.29 is 4.79 Å². The number of amides is 1. The van der Waals surface area contributed by atoms with E-state index in [-0.39, 0.29) is 5.92 Å². The predicted octanol–water partition coefficient (Wildman–Crippen LogP) is 3.87. The van der Waals surface area contributed by atoms with Crippen LogP contribution in [0.15, 0.2) is 0 Å². The Kier molecular flexibility index (Phi) is 5.81. The monoisotopic (exact) mass is 271 g/mol. The third-order valence-electron chi connectivity index (χ3n) is 4.52. The second-order valence-corrected chi connectivity index (χ2v) is 6.68. The lowest BCUT2D eigenvalue weighted by molar-refractivity contribution is -0.125. The minimum absolute atomic E-state index is 0.276. The fourth-order valence-corrected chi connectivity index (χ4v) is 3.68. The summed E-state index contributed by atoms with van der Waals surface area (Å²) in [6.07, 6.45) is 12.0. The van der Waals surface area contributed by atoms with Crippen LogP contribution in [-0.2, 0) is 4.79 Å². The third kappa shape index (κ3) is 4.46. The van der Waals surface area contributed by atoms with Gasteiger partial charge in [0.2, 0.25) is 5.91 Å². The van der Waals surface area contributed by atoms with Crippen LogP contribution >= 0.6 is 11.6 Å².